The molecule has 6 nitrogen and oxygen atoms in total. The molecule has 1 aromatic rings. The summed E-state index contributed by atoms with van der Waals surface area (Å²) >= 11 is 1.93. The van der Waals surface area contributed by atoms with Crippen LogP contribution in [0, 0.1) is 0 Å². The van der Waals surface area contributed by atoms with Crippen molar-refractivity contribution < 1.29 is 17.5 Å². The van der Waals surface area contributed by atoms with Gasteiger partial charge in [0, 0.05) is 18.0 Å². The molecular weight excluding hydrogens is 324 g/mol. The highest BCUT2D eigenvalue weighted by molar-refractivity contribution is 8.00. The minimum absolute atomic E-state index is 0.522. The molecule has 0 bridgehead atoms. The largest absolute Gasteiger partial charge is 0.394 e. The molecule has 3 rings (SSSR count). The minimum atomic E-state index is -4.67. The van der Waals surface area contributed by atoms with Crippen molar-refractivity contribution in [3.63, 3.8) is 0 Å². The zero-order valence-corrected chi connectivity index (χ0v) is 13.6. The van der Waals surface area contributed by atoms with Crippen LogP contribution in [0.1, 0.15) is 19.3 Å². The van der Waals surface area contributed by atoms with Gasteiger partial charge in [0.05, 0.1) is 16.7 Å². The maximum Gasteiger partial charge on any atom is 0.394 e. The average molecular weight is 342 g/mol. The fourth-order valence-electron chi connectivity index (χ4n) is 2.34. The summed E-state index contributed by atoms with van der Waals surface area (Å²) < 4.78 is 31.6. The van der Waals surface area contributed by atoms with Crippen LogP contribution in [-0.2, 0) is 10.4 Å². The number of hydrogen-bond acceptors (Lipinski definition) is 5. The number of rotatable bonds is 3. The van der Waals surface area contributed by atoms with Crippen LogP contribution in [0.4, 0.5) is 0 Å². The van der Waals surface area contributed by atoms with E-state index in [9.17, 15) is 0 Å². The highest BCUT2D eigenvalue weighted by atomic mass is 32.3. The van der Waals surface area contributed by atoms with E-state index in [1.807, 2.05) is 11.8 Å². The summed E-state index contributed by atoms with van der Waals surface area (Å²) in [5, 5.41) is 0.522. The van der Waals surface area contributed by atoms with E-state index in [4.69, 9.17) is 17.5 Å². The summed E-state index contributed by atoms with van der Waals surface area (Å²) in [6, 6.07) is 10.6. The van der Waals surface area contributed by atoms with Gasteiger partial charge in [-0.05, 0) is 31.4 Å². The Bertz CT molecular complexity index is 649. The maximum atomic E-state index is 8.74. The first-order valence-electron chi connectivity index (χ1n) is 6.93. The van der Waals surface area contributed by atoms with Gasteiger partial charge in [0.15, 0.2) is 0 Å². The molecule has 2 aliphatic heterocycles. The van der Waals surface area contributed by atoms with Gasteiger partial charge in [0.2, 0.25) is 0 Å². The molecule has 0 fully saturated rings. The molecule has 120 valence electrons. The predicted octanol–water partition coefficient (Wildman–Crippen LogP) is 2.57. The van der Waals surface area contributed by atoms with Crippen molar-refractivity contribution in [2.45, 2.75) is 29.4 Å². The fourth-order valence-corrected chi connectivity index (χ4v) is 3.53. The molecule has 0 radical (unpaired) electrons. The molecule has 0 aliphatic carbocycles. The molecule has 8 heteroatoms. The lowest BCUT2D eigenvalue weighted by Crippen LogP contribution is -2.21. The molecule has 1 unspecified atom stereocenters. The third-order valence-corrected chi connectivity index (χ3v) is 4.46. The maximum absolute atomic E-state index is 8.74. The van der Waals surface area contributed by atoms with E-state index in [1.54, 1.807) is 0 Å². The molecule has 0 saturated carbocycles. The van der Waals surface area contributed by atoms with Crippen molar-refractivity contribution in [2.75, 3.05) is 13.1 Å². The van der Waals surface area contributed by atoms with Crippen molar-refractivity contribution in [1.82, 2.24) is 0 Å². The predicted molar refractivity (Wildman–Crippen MR) is 88.7 cm³/mol. The van der Waals surface area contributed by atoms with E-state index >= 15 is 0 Å². The molecule has 1 aromatic carbocycles. The van der Waals surface area contributed by atoms with E-state index in [-0.39, 0.29) is 0 Å². The summed E-state index contributed by atoms with van der Waals surface area (Å²) in [5.41, 5.74) is 2.55. The lowest BCUT2D eigenvalue weighted by molar-refractivity contribution is 0.381. The first kappa shape index (κ1) is 17.1. The van der Waals surface area contributed by atoms with Crippen molar-refractivity contribution >= 4 is 33.6 Å². The van der Waals surface area contributed by atoms with Gasteiger partial charge in [-0.15, -0.1) is 11.8 Å². The van der Waals surface area contributed by atoms with Crippen LogP contribution in [0.3, 0.4) is 0 Å². The van der Waals surface area contributed by atoms with Gasteiger partial charge < -0.3 is 0 Å². The fraction of sp³-hybridized carbons (Fsp3) is 0.429. The van der Waals surface area contributed by atoms with Gasteiger partial charge in [-0.3, -0.25) is 19.1 Å². The summed E-state index contributed by atoms with van der Waals surface area (Å²) in [6.45, 7) is 1.97. The molecule has 0 spiro atoms. The standard InChI is InChI=1S/C14H16N2S.H2O4S/c1-2-5-11(6-3-1)17-13-8-10-16-14(13)12-7-4-9-15-12;1-5(2,3)4/h1-3,5-6,13H,4,7-10H2;(H2,1,2,3,4). The second kappa shape index (κ2) is 7.87. The Kier molecular flexibility index (Phi) is 6.13. The van der Waals surface area contributed by atoms with Crippen LogP contribution in [0.25, 0.3) is 0 Å². The molecule has 22 heavy (non-hydrogen) atoms. The van der Waals surface area contributed by atoms with Gasteiger partial charge >= 0.3 is 10.4 Å². The molecule has 1 atom stereocenters. The Morgan fingerprint density at radius 3 is 2.36 bits per heavy atom. The smallest absolute Gasteiger partial charge is 0.288 e. The average Bonchev–Trinajstić information content (AvgIpc) is 3.08. The molecule has 0 aromatic heterocycles. The van der Waals surface area contributed by atoms with Crippen molar-refractivity contribution in [3.8, 4) is 0 Å². The molecule has 2 aliphatic rings. The number of nitrogens with zero attached hydrogens (tertiary/aromatic N) is 2. The summed E-state index contributed by atoms with van der Waals surface area (Å²) in [5.74, 6) is 0. The quantitative estimate of drug-likeness (QED) is 0.823. The lowest BCUT2D eigenvalue weighted by atomic mass is 10.1. The topological polar surface area (TPSA) is 99.3 Å². The molecule has 2 heterocycles. The van der Waals surface area contributed by atoms with Crippen molar-refractivity contribution in [1.29, 1.82) is 0 Å². The summed E-state index contributed by atoms with van der Waals surface area (Å²) in [4.78, 5) is 10.6. The normalized spacial score (nSPS) is 20.9. The van der Waals surface area contributed by atoms with E-state index in [0.29, 0.717) is 5.25 Å². The first-order chi connectivity index (χ1) is 10.4. The monoisotopic (exact) mass is 342 g/mol. The van der Waals surface area contributed by atoms with Crippen LogP contribution in [-0.4, -0.2) is 47.3 Å². The van der Waals surface area contributed by atoms with E-state index in [2.05, 4.69) is 40.3 Å². The van der Waals surface area contributed by atoms with Crippen LogP contribution in [0.2, 0.25) is 0 Å². The van der Waals surface area contributed by atoms with E-state index in [0.717, 1.165) is 25.9 Å². The minimum Gasteiger partial charge on any atom is -0.288 e. The summed E-state index contributed by atoms with van der Waals surface area (Å²) in [6.07, 6.45) is 3.50. The number of hydrogen-bond donors (Lipinski definition) is 2. The first-order valence-corrected chi connectivity index (χ1v) is 9.21. The van der Waals surface area contributed by atoms with Crippen LogP contribution >= 0.6 is 11.8 Å². The zero-order chi connectivity index (χ0) is 16.0. The van der Waals surface area contributed by atoms with Gasteiger partial charge in [-0.25, -0.2) is 0 Å². The Hall–Kier alpha value is -1.22. The van der Waals surface area contributed by atoms with Crippen LogP contribution in [0.15, 0.2) is 45.2 Å². The second-order valence-corrected chi connectivity index (χ2v) is 7.03. The van der Waals surface area contributed by atoms with E-state index in [1.165, 1.54) is 22.7 Å². The van der Waals surface area contributed by atoms with Gasteiger partial charge in [-0.1, -0.05) is 18.2 Å². The van der Waals surface area contributed by atoms with Gasteiger partial charge in [-0.2, -0.15) is 8.42 Å². The van der Waals surface area contributed by atoms with Gasteiger partial charge in [0.25, 0.3) is 0 Å². The van der Waals surface area contributed by atoms with Crippen molar-refractivity contribution in [2.24, 2.45) is 9.98 Å². The Labute approximate surface area is 134 Å². The molecule has 0 amide bonds. The Morgan fingerprint density at radius 1 is 1.09 bits per heavy atom. The Balaban J connectivity index is 0.000000309. The lowest BCUT2D eigenvalue weighted by Gasteiger charge is -2.12. The third-order valence-electron chi connectivity index (χ3n) is 3.17. The second-order valence-electron chi connectivity index (χ2n) is 4.85. The summed E-state index contributed by atoms with van der Waals surface area (Å²) in [7, 11) is -4.67. The molecular formula is C14H18N2O4S2. The highest BCUT2D eigenvalue weighted by Crippen LogP contribution is 2.30. The van der Waals surface area contributed by atoms with E-state index < -0.39 is 10.4 Å². The van der Waals surface area contributed by atoms with Gasteiger partial charge in [0.1, 0.15) is 0 Å². The number of aliphatic imine (C=N–C) groups is 2. The van der Waals surface area contributed by atoms with Crippen molar-refractivity contribution in [3.05, 3.63) is 30.3 Å². The molecule has 2 N–H and O–H groups in total. The number of thioether (sulfide) groups is 1. The third kappa shape index (κ3) is 5.88. The zero-order valence-electron chi connectivity index (χ0n) is 11.9. The number of benzene rings is 1. The Morgan fingerprint density at radius 2 is 1.77 bits per heavy atom. The SMILES string of the molecule is O=S(=O)(O)O.c1ccc(SC2CCN=C2C2=NCCC2)cc1. The molecule has 0 saturated heterocycles. The van der Waals surface area contributed by atoms with Crippen LogP contribution < -0.4 is 0 Å². The van der Waals surface area contributed by atoms with Crippen LogP contribution in [0.5, 0.6) is 0 Å². The highest BCUT2D eigenvalue weighted by Gasteiger charge is 2.27.